The van der Waals surface area contributed by atoms with E-state index in [0.29, 0.717) is 25.4 Å². The molecule has 0 aliphatic carbocycles. The van der Waals surface area contributed by atoms with Gasteiger partial charge in [0, 0.05) is 25.7 Å². The highest BCUT2D eigenvalue weighted by atomic mass is 35.5. The SMILES string of the molecule is CC(=O)N1CCc2cc(S(=O)(=O)NCCC3CCCNC3)ccc21.Cl. The van der Waals surface area contributed by atoms with Crippen LogP contribution in [0.2, 0.25) is 0 Å². The number of carbonyl (C=O) groups is 1. The lowest BCUT2D eigenvalue weighted by molar-refractivity contribution is -0.116. The summed E-state index contributed by atoms with van der Waals surface area (Å²) < 4.78 is 27.7. The highest BCUT2D eigenvalue weighted by Gasteiger charge is 2.24. The second-order valence-electron chi connectivity index (χ2n) is 6.61. The van der Waals surface area contributed by atoms with Gasteiger partial charge in [-0.2, -0.15) is 0 Å². The van der Waals surface area contributed by atoms with Crippen molar-refractivity contribution < 1.29 is 13.2 Å². The van der Waals surface area contributed by atoms with Crippen molar-refractivity contribution in [2.75, 3.05) is 31.1 Å². The number of nitrogens with one attached hydrogen (secondary N) is 2. The fraction of sp³-hybridized carbons (Fsp3) is 0.588. The zero-order valence-corrected chi connectivity index (χ0v) is 16.1. The van der Waals surface area contributed by atoms with Crippen LogP contribution in [0.3, 0.4) is 0 Å². The molecule has 1 saturated heterocycles. The Morgan fingerprint density at radius 3 is 2.88 bits per heavy atom. The molecule has 1 amide bonds. The van der Waals surface area contributed by atoms with E-state index in [9.17, 15) is 13.2 Å². The summed E-state index contributed by atoms with van der Waals surface area (Å²) >= 11 is 0. The molecular formula is C17H26ClN3O3S. The average molecular weight is 388 g/mol. The van der Waals surface area contributed by atoms with Gasteiger partial charge in [-0.1, -0.05) is 0 Å². The maximum absolute atomic E-state index is 12.5. The molecular weight excluding hydrogens is 362 g/mol. The molecule has 140 valence electrons. The number of benzene rings is 1. The molecule has 6 nitrogen and oxygen atoms in total. The highest BCUT2D eigenvalue weighted by Crippen LogP contribution is 2.30. The molecule has 0 spiro atoms. The Hall–Kier alpha value is -1.15. The number of carbonyl (C=O) groups excluding carboxylic acids is 1. The van der Waals surface area contributed by atoms with Crippen molar-refractivity contribution in [3.8, 4) is 0 Å². The number of fused-ring (bicyclic) bond motifs is 1. The van der Waals surface area contributed by atoms with Gasteiger partial charge in [0.25, 0.3) is 0 Å². The van der Waals surface area contributed by atoms with Crippen LogP contribution in [0.5, 0.6) is 0 Å². The van der Waals surface area contributed by atoms with Crippen molar-refractivity contribution in [1.29, 1.82) is 0 Å². The number of rotatable bonds is 5. The summed E-state index contributed by atoms with van der Waals surface area (Å²) in [4.78, 5) is 13.5. The van der Waals surface area contributed by atoms with E-state index in [4.69, 9.17) is 0 Å². The zero-order chi connectivity index (χ0) is 17.2. The van der Waals surface area contributed by atoms with Crippen molar-refractivity contribution >= 4 is 34.0 Å². The van der Waals surface area contributed by atoms with E-state index in [1.54, 1.807) is 23.1 Å². The quantitative estimate of drug-likeness (QED) is 0.805. The molecule has 2 heterocycles. The highest BCUT2D eigenvalue weighted by molar-refractivity contribution is 7.89. The van der Waals surface area contributed by atoms with Crippen LogP contribution in [0.4, 0.5) is 5.69 Å². The number of halogens is 1. The van der Waals surface area contributed by atoms with Crippen molar-refractivity contribution in [2.24, 2.45) is 5.92 Å². The largest absolute Gasteiger partial charge is 0.316 e. The minimum absolute atomic E-state index is 0. The van der Waals surface area contributed by atoms with Gasteiger partial charge in [0.2, 0.25) is 15.9 Å². The van der Waals surface area contributed by atoms with Gasteiger partial charge in [0.1, 0.15) is 0 Å². The van der Waals surface area contributed by atoms with Crippen LogP contribution in [-0.4, -0.2) is 40.5 Å². The van der Waals surface area contributed by atoms with Crippen LogP contribution >= 0.6 is 12.4 Å². The van der Waals surface area contributed by atoms with E-state index in [0.717, 1.165) is 43.6 Å². The van der Waals surface area contributed by atoms with Gasteiger partial charge in [-0.15, -0.1) is 12.4 Å². The lowest BCUT2D eigenvalue weighted by atomic mass is 9.96. The number of hydrogen-bond donors (Lipinski definition) is 2. The van der Waals surface area contributed by atoms with Crippen molar-refractivity contribution in [2.45, 2.75) is 37.5 Å². The third-order valence-electron chi connectivity index (χ3n) is 4.88. The molecule has 3 rings (SSSR count). The summed E-state index contributed by atoms with van der Waals surface area (Å²) in [5, 5.41) is 3.35. The van der Waals surface area contributed by atoms with E-state index in [-0.39, 0.29) is 23.2 Å². The Bertz CT molecular complexity index is 718. The number of amides is 1. The number of hydrogen-bond acceptors (Lipinski definition) is 4. The van der Waals surface area contributed by atoms with E-state index in [2.05, 4.69) is 10.0 Å². The fourth-order valence-corrected chi connectivity index (χ4v) is 4.62. The first-order valence-electron chi connectivity index (χ1n) is 8.59. The lowest BCUT2D eigenvalue weighted by Gasteiger charge is -2.22. The van der Waals surface area contributed by atoms with Gasteiger partial charge in [-0.3, -0.25) is 4.79 Å². The summed E-state index contributed by atoms with van der Waals surface area (Å²) in [6.45, 7) is 4.65. The first-order valence-corrected chi connectivity index (χ1v) is 10.1. The Morgan fingerprint density at radius 2 is 2.20 bits per heavy atom. The predicted octanol–water partition coefficient (Wildman–Crippen LogP) is 1.69. The minimum atomic E-state index is -3.49. The summed E-state index contributed by atoms with van der Waals surface area (Å²) in [5.74, 6) is 0.536. The van der Waals surface area contributed by atoms with Crippen molar-refractivity contribution in [3.63, 3.8) is 0 Å². The Morgan fingerprint density at radius 1 is 1.40 bits per heavy atom. The number of anilines is 1. The predicted molar refractivity (Wildman–Crippen MR) is 101 cm³/mol. The molecule has 0 radical (unpaired) electrons. The standard InChI is InChI=1S/C17H25N3O3S.ClH/c1-13(21)20-10-7-15-11-16(4-5-17(15)20)24(22,23)19-9-6-14-3-2-8-18-12-14;/h4-5,11,14,18-19H,2-3,6-10,12H2,1H3;1H. The molecule has 1 atom stereocenters. The first-order chi connectivity index (χ1) is 11.5. The Labute approximate surface area is 155 Å². The molecule has 2 N–H and O–H groups in total. The van der Waals surface area contributed by atoms with E-state index < -0.39 is 10.0 Å². The van der Waals surface area contributed by atoms with Gasteiger partial charge >= 0.3 is 0 Å². The van der Waals surface area contributed by atoms with Crippen LogP contribution < -0.4 is 14.9 Å². The molecule has 8 heteroatoms. The average Bonchev–Trinajstić information content (AvgIpc) is 2.99. The third-order valence-corrected chi connectivity index (χ3v) is 6.34. The van der Waals surface area contributed by atoms with Crippen molar-refractivity contribution in [3.05, 3.63) is 23.8 Å². The van der Waals surface area contributed by atoms with Gasteiger partial charge in [0.05, 0.1) is 4.90 Å². The maximum Gasteiger partial charge on any atom is 0.240 e. The zero-order valence-electron chi connectivity index (χ0n) is 14.5. The molecule has 1 aromatic rings. The number of nitrogens with zero attached hydrogens (tertiary/aromatic N) is 1. The summed E-state index contributed by atoms with van der Waals surface area (Å²) in [6, 6.07) is 5.02. The van der Waals surface area contributed by atoms with E-state index >= 15 is 0 Å². The van der Waals surface area contributed by atoms with E-state index in [1.807, 2.05) is 0 Å². The van der Waals surface area contributed by atoms with Crippen LogP contribution in [0.25, 0.3) is 0 Å². The topological polar surface area (TPSA) is 78.5 Å². The molecule has 1 unspecified atom stereocenters. The normalized spacial score (nSPS) is 20.0. The lowest BCUT2D eigenvalue weighted by Crippen LogP contribution is -2.33. The minimum Gasteiger partial charge on any atom is -0.316 e. The Balaban J connectivity index is 0.00000225. The molecule has 1 fully saturated rings. The third kappa shape index (κ3) is 4.73. The smallest absolute Gasteiger partial charge is 0.240 e. The molecule has 2 aliphatic rings. The number of piperidine rings is 1. The second kappa shape index (κ2) is 8.49. The van der Waals surface area contributed by atoms with Crippen molar-refractivity contribution in [1.82, 2.24) is 10.0 Å². The van der Waals surface area contributed by atoms with Gasteiger partial charge in [-0.05, 0) is 68.5 Å². The van der Waals surface area contributed by atoms with Crippen LogP contribution in [0.15, 0.2) is 23.1 Å². The first kappa shape index (κ1) is 20.2. The summed E-state index contributed by atoms with van der Waals surface area (Å²) in [5.41, 5.74) is 1.75. The van der Waals surface area contributed by atoms with Gasteiger partial charge in [-0.25, -0.2) is 13.1 Å². The monoisotopic (exact) mass is 387 g/mol. The summed E-state index contributed by atoms with van der Waals surface area (Å²) in [6.07, 6.45) is 3.88. The second-order valence-corrected chi connectivity index (χ2v) is 8.38. The van der Waals surface area contributed by atoms with Gasteiger partial charge < -0.3 is 10.2 Å². The maximum atomic E-state index is 12.5. The Kier molecular flexibility index (Phi) is 6.85. The van der Waals surface area contributed by atoms with Gasteiger partial charge in [0.15, 0.2) is 0 Å². The van der Waals surface area contributed by atoms with Crippen LogP contribution in [-0.2, 0) is 21.2 Å². The van der Waals surface area contributed by atoms with E-state index in [1.165, 1.54) is 6.92 Å². The molecule has 25 heavy (non-hydrogen) atoms. The molecule has 0 bridgehead atoms. The van der Waals surface area contributed by atoms with Crippen LogP contribution in [0, 0.1) is 5.92 Å². The molecule has 1 aromatic carbocycles. The molecule has 2 aliphatic heterocycles. The molecule has 0 aromatic heterocycles. The summed E-state index contributed by atoms with van der Waals surface area (Å²) in [7, 11) is -3.49. The number of sulfonamides is 1. The van der Waals surface area contributed by atoms with Crippen LogP contribution in [0.1, 0.15) is 31.7 Å². The fourth-order valence-electron chi connectivity index (χ4n) is 3.52. The molecule has 0 saturated carbocycles.